The van der Waals surface area contributed by atoms with Gasteiger partial charge in [-0.3, -0.25) is 4.79 Å². The molecule has 0 aromatic heterocycles. The van der Waals surface area contributed by atoms with Crippen molar-refractivity contribution in [3.8, 4) is 0 Å². The first kappa shape index (κ1) is 22.2. The highest BCUT2D eigenvalue weighted by Crippen LogP contribution is 2.19. The van der Waals surface area contributed by atoms with E-state index < -0.39 is 10.0 Å². The molecule has 0 saturated carbocycles. The summed E-state index contributed by atoms with van der Waals surface area (Å²) < 4.78 is 26.2. The molecule has 27 heavy (non-hydrogen) atoms. The average Bonchev–Trinajstić information content (AvgIpc) is 2.65. The van der Waals surface area contributed by atoms with Crippen molar-refractivity contribution in [2.45, 2.75) is 36.0 Å². The first-order valence-corrected chi connectivity index (χ1v) is 12.1. The Balaban J connectivity index is 1.75. The Kier molecular flexibility index (Phi) is 8.60. The van der Waals surface area contributed by atoms with Gasteiger partial charge < -0.3 is 10.2 Å². The Hall–Kier alpha value is -1.09. The number of likely N-dealkylation sites (tertiary alicyclic amines) is 1. The van der Waals surface area contributed by atoms with Crippen LogP contribution in [0.5, 0.6) is 0 Å². The molecule has 1 N–H and O–H groups in total. The molecule has 2 rings (SSSR count). The second-order valence-electron chi connectivity index (χ2n) is 7.19. The van der Waals surface area contributed by atoms with Gasteiger partial charge in [-0.25, -0.2) is 8.42 Å². The molecule has 0 unspecified atom stereocenters. The number of sulfonamides is 1. The molecule has 8 heteroatoms. The van der Waals surface area contributed by atoms with E-state index in [9.17, 15) is 13.2 Å². The molecule has 1 aromatic rings. The molecule has 0 spiro atoms. The zero-order valence-corrected chi connectivity index (χ0v) is 18.1. The number of benzene rings is 1. The Morgan fingerprint density at radius 1 is 1.33 bits per heavy atom. The lowest BCUT2D eigenvalue weighted by molar-refractivity contribution is -0.121. The largest absolute Gasteiger partial charge is 0.355 e. The first-order valence-electron chi connectivity index (χ1n) is 9.42. The molecule has 1 amide bonds. The lowest BCUT2D eigenvalue weighted by Gasteiger charge is -2.30. The zero-order valence-electron chi connectivity index (χ0n) is 16.5. The van der Waals surface area contributed by atoms with Crippen LogP contribution in [0.15, 0.2) is 34.1 Å². The molecule has 6 nitrogen and oxygen atoms in total. The highest BCUT2D eigenvalue weighted by atomic mass is 32.2. The van der Waals surface area contributed by atoms with E-state index in [1.807, 2.05) is 6.26 Å². The summed E-state index contributed by atoms with van der Waals surface area (Å²) in [5, 5.41) is 2.83. The maximum absolute atomic E-state index is 12.6. The Labute approximate surface area is 167 Å². The Bertz CT molecular complexity index is 707. The summed E-state index contributed by atoms with van der Waals surface area (Å²) in [5.41, 5.74) is 0. The molecule has 1 saturated heterocycles. The van der Waals surface area contributed by atoms with Crippen molar-refractivity contribution in [3.05, 3.63) is 24.3 Å². The van der Waals surface area contributed by atoms with Crippen LogP contribution in [0.4, 0.5) is 0 Å². The number of likely N-dealkylation sites (N-methyl/N-ethyl adjacent to an activating group) is 1. The summed E-state index contributed by atoms with van der Waals surface area (Å²) in [7, 11) is -2.22. The van der Waals surface area contributed by atoms with Crippen LogP contribution in [0, 0.1) is 5.92 Å². The molecule has 1 fully saturated rings. The summed E-state index contributed by atoms with van der Waals surface area (Å²) in [6, 6.07) is 6.70. The van der Waals surface area contributed by atoms with Crippen LogP contribution in [-0.4, -0.2) is 69.6 Å². The molecular weight excluding hydrogens is 382 g/mol. The van der Waals surface area contributed by atoms with Gasteiger partial charge in [0, 0.05) is 25.0 Å². The van der Waals surface area contributed by atoms with Crippen molar-refractivity contribution in [2.75, 3.05) is 46.0 Å². The third kappa shape index (κ3) is 6.78. The van der Waals surface area contributed by atoms with Crippen molar-refractivity contribution in [1.29, 1.82) is 0 Å². The third-order valence-electron chi connectivity index (χ3n) is 4.85. The summed E-state index contributed by atoms with van der Waals surface area (Å²) in [5.74, 6) is 0.478. The van der Waals surface area contributed by atoms with E-state index in [2.05, 4.69) is 17.1 Å². The predicted octanol–water partition coefficient (Wildman–Crippen LogP) is 2.27. The number of carbonyl (C=O) groups is 1. The van der Waals surface area contributed by atoms with E-state index in [0.717, 1.165) is 41.2 Å². The third-order valence-corrected chi connectivity index (χ3v) is 7.41. The van der Waals surface area contributed by atoms with Crippen LogP contribution < -0.4 is 5.32 Å². The maximum atomic E-state index is 12.6. The molecule has 1 aliphatic heterocycles. The minimum Gasteiger partial charge on any atom is -0.355 e. The number of nitrogens with one attached hydrogen (secondary N) is 1. The van der Waals surface area contributed by atoms with Crippen molar-refractivity contribution in [2.24, 2.45) is 5.92 Å². The van der Waals surface area contributed by atoms with Crippen LogP contribution in [-0.2, 0) is 14.8 Å². The van der Waals surface area contributed by atoms with Crippen molar-refractivity contribution in [3.63, 3.8) is 0 Å². The minimum absolute atomic E-state index is 0.173. The van der Waals surface area contributed by atoms with Crippen LogP contribution >= 0.6 is 11.8 Å². The second kappa shape index (κ2) is 10.5. The summed E-state index contributed by atoms with van der Waals surface area (Å²) >= 11 is 1.55. The van der Waals surface area contributed by atoms with Gasteiger partial charge in [-0.15, -0.1) is 11.8 Å². The van der Waals surface area contributed by atoms with E-state index in [4.69, 9.17) is 0 Å². The number of amides is 1. The summed E-state index contributed by atoms with van der Waals surface area (Å²) in [6.07, 6.45) is 5.36. The second-order valence-corrected chi connectivity index (χ2v) is 10.1. The SMILES string of the molecule is CSc1ccc(S(=O)(=O)N(C)CC(=O)NCCCN2CCC[C@H](C)C2)cc1. The number of piperidine rings is 1. The van der Waals surface area contributed by atoms with Crippen LogP contribution in [0.3, 0.4) is 0 Å². The van der Waals surface area contributed by atoms with Gasteiger partial charge in [-0.05, 0) is 68.8 Å². The lowest BCUT2D eigenvalue weighted by Crippen LogP contribution is -2.40. The van der Waals surface area contributed by atoms with Gasteiger partial charge in [0.25, 0.3) is 0 Å². The number of thioether (sulfide) groups is 1. The monoisotopic (exact) mass is 413 g/mol. The number of hydrogen-bond donors (Lipinski definition) is 1. The number of nitrogens with zero attached hydrogens (tertiary/aromatic N) is 2. The molecular formula is C19H31N3O3S2. The van der Waals surface area contributed by atoms with Crippen LogP contribution in [0.2, 0.25) is 0 Å². The highest BCUT2D eigenvalue weighted by Gasteiger charge is 2.23. The number of rotatable bonds is 9. The molecule has 1 aromatic carbocycles. The molecule has 1 aliphatic rings. The predicted molar refractivity (Wildman–Crippen MR) is 111 cm³/mol. The highest BCUT2D eigenvalue weighted by molar-refractivity contribution is 7.98. The van der Waals surface area contributed by atoms with E-state index in [1.54, 1.807) is 36.0 Å². The van der Waals surface area contributed by atoms with Gasteiger partial charge in [0.05, 0.1) is 11.4 Å². The number of carbonyl (C=O) groups excluding carboxylic acids is 1. The fourth-order valence-electron chi connectivity index (χ4n) is 3.29. The average molecular weight is 414 g/mol. The Morgan fingerprint density at radius 2 is 2.04 bits per heavy atom. The molecule has 152 valence electrons. The van der Waals surface area contributed by atoms with Gasteiger partial charge in [-0.2, -0.15) is 4.31 Å². The first-order chi connectivity index (χ1) is 12.8. The molecule has 0 aliphatic carbocycles. The van der Waals surface area contributed by atoms with Gasteiger partial charge in [-0.1, -0.05) is 6.92 Å². The standard InChI is InChI=1S/C19H31N3O3S2/c1-16-6-4-12-22(14-16)13-5-11-20-19(23)15-21(2)27(24,25)18-9-7-17(26-3)8-10-18/h7-10,16H,4-6,11-15H2,1-3H3,(H,20,23)/t16-/m0/s1. The summed E-state index contributed by atoms with van der Waals surface area (Å²) in [6.45, 7) is 5.91. The van der Waals surface area contributed by atoms with Crippen LogP contribution in [0.25, 0.3) is 0 Å². The van der Waals surface area contributed by atoms with Gasteiger partial charge >= 0.3 is 0 Å². The van der Waals surface area contributed by atoms with E-state index in [0.29, 0.717) is 6.54 Å². The van der Waals surface area contributed by atoms with Gasteiger partial charge in [0.15, 0.2) is 0 Å². The topological polar surface area (TPSA) is 69.7 Å². The van der Waals surface area contributed by atoms with Gasteiger partial charge in [0.2, 0.25) is 15.9 Å². The van der Waals surface area contributed by atoms with Gasteiger partial charge in [0.1, 0.15) is 0 Å². The summed E-state index contributed by atoms with van der Waals surface area (Å²) in [4.78, 5) is 15.7. The number of hydrogen-bond acceptors (Lipinski definition) is 5. The van der Waals surface area contributed by atoms with Crippen molar-refractivity contribution >= 4 is 27.7 Å². The van der Waals surface area contributed by atoms with E-state index in [1.165, 1.54) is 19.9 Å². The normalized spacial score (nSPS) is 18.6. The maximum Gasteiger partial charge on any atom is 0.243 e. The molecule has 1 heterocycles. The zero-order chi connectivity index (χ0) is 19.9. The van der Waals surface area contributed by atoms with E-state index in [-0.39, 0.29) is 17.3 Å². The van der Waals surface area contributed by atoms with Crippen molar-refractivity contribution < 1.29 is 13.2 Å². The smallest absolute Gasteiger partial charge is 0.243 e. The minimum atomic E-state index is -3.66. The molecule has 0 bridgehead atoms. The van der Waals surface area contributed by atoms with Crippen LogP contribution in [0.1, 0.15) is 26.2 Å². The Morgan fingerprint density at radius 3 is 2.67 bits per heavy atom. The lowest BCUT2D eigenvalue weighted by atomic mass is 10.0. The molecule has 0 radical (unpaired) electrons. The fourth-order valence-corrected chi connectivity index (χ4v) is 4.83. The molecule has 1 atom stereocenters. The quantitative estimate of drug-likeness (QED) is 0.497. The van der Waals surface area contributed by atoms with Crippen molar-refractivity contribution in [1.82, 2.24) is 14.5 Å². The fraction of sp³-hybridized carbons (Fsp3) is 0.632. The van der Waals surface area contributed by atoms with E-state index >= 15 is 0 Å².